The Morgan fingerprint density at radius 2 is 1.97 bits per heavy atom. The first kappa shape index (κ1) is 21.2. The van der Waals surface area contributed by atoms with Crippen LogP contribution in [0.5, 0.6) is 5.75 Å². The summed E-state index contributed by atoms with van der Waals surface area (Å²) in [5, 5.41) is 6.87. The van der Waals surface area contributed by atoms with E-state index in [1.807, 2.05) is 13.0 Å². The average molecular weight is 396 g/mol. The lowest BCUT2D eigenvalue weighted by Crippen LogP contribution is -2.40. The van der Waals surface area contributed by atoms with Gasteiger partial charge in [0, 0.05) is 31.2 Å². The molecule has 3 rings (SSSR count). The van der Waals surface area contributed by atoms with Gasteiger partial charge in [0.2, 0.25) is 0 Å². The minimum atomic E-state index is 0.147. The molecule has 0 spiro atoms. The molecule has 2 aromatic carbocycles. The number of aryl methyl sites for hydroxylation is 1. The van der Waals surface area contributed by atoms with Crippen LogP contribution in [0.4, 0.5) is 0 Å². The van der Waals surface area contributed by atoms with Gasteiger partial charge in [0.15, 0.2) is 5.96 Å². The van der Waals surface area contributed by atoms with E-state index >= 15 is 0 Å². The molecular weight excluding hydrogens is 362 g/mol. The highest BCUT2D eigenvalue weighted by molar-refractivity contribution is 5.79. The van der Waals surface area contributed by atoms with Gasteiger partial charge in [-0.1, -0.05) is 42.5 Å². The topological polar surface area (TPSA) is 54.9 Å². The van der Waals surface area contributed by atoms with Crippen molar-refractivity contribution in [3.05, 3.63) is 65.2 Å². The Bertz CT molecular complexity index is 792. The second kappa shape index (κ2) is 10.9. The molecule has 2 aromatic rings. The van der Waals surface area contributed by atoms with Crippen molar-refractivity contribution in [3.8, 4) is 5.75 Å². The number of rotatable bonds is 8. The smallest absolute Gasteiger partial charge is 0.191 e. The summed E-state index contributed by atoms with van der Waals surface area (Å²) >= 11 is 0. The summed E-state index contributed by atoms with van der Waals surface area (Å²) in [7, 11) is 0. The van der Waals surface area contributed by atoms with E-state index in [0.717, 1.165) is 43.4 Å². The van der Waals surface area contributed by atoms with Crippen LogP contribution in [0.15, 0.2) is 53.5 Å². The molecule has 1 aliphatic rings. The fourth-order valence-electron chi connectivity index (χ4n) is 3.67. The zero-order valence-electron chi connectivity index (χ0n) is 17.8. The van der Waals surface area contributed by atoms with Gasteiger partial charge in [0.1, 0.15) is 5.75 Å². The van der Waals surface area contributed by atoms with E-state index in [9.17, 15) is 0 Å². The molecule has 2 N–H and O–H groups in total. The number of benzene rings is 2. The van der Waals surface area contributed by atoms with Gasteiger partial charge in [-0.15, -0.1) is 0 Å². The van der Waals surface area contributed by atoms with Crippen LogP contribution in [-0.4, -0.2) is 32.3 Å². The minimum Gasteiger partial charge on any atom is -0.494 e. The highest BCUT2D eigenvalue weighted by Gasteiger charge is 2.29. The van der Waals surface area contributed by atoms with E-state index in [1.54, 1.807) is 0 Å². The molecule has 1 fully saturated rings. The summed E-state index contributed by atoms with van der Waals surface area (Å²) in [5.41, 5.74) is 3.54. The number of nitrogens with zero attached hydrogens (tertiary/aromatic N) is 1. The lowest BCUT2D eigenvalue weighted by atomic mass is 9.95. The predicted octanol–water partition coefficient (Wildman–Crippen LogP) is 4.23. The van der Waals surface area contributed by atoms with Crippen molar-refractivity contribution in [2.24, 2.45) is 10.9 Å². The molecule has 2 atom stereocenters. The van der Waals surface area contributed by atoms with Crippen LogP contribution in [-0.2, 0) is 11.3 Å². The summed E-state index contributed by atoms with van der Waals surface area (Å²) < 4.78 is 11.8. The maximum Gasteiger partial charge on any atom is 0.191 e. The Hall–Kier alpha value is -2.53. The van der Waals surface area contributed by atoms with Crippen LogP contribution in [0.2, 0.25) is 0 Å². The SMILES string of the molecule is CCNC(=NCc1ccc(C)cc1OCC)NCC1CCOC1c1ccccc1. The molecule has 0 radical (unpaired) electrons. The first-order valence-electron chi connectivity index (χ1n) is 10.6. The van der Waals surface area contributed by atoms with Gasteiger partial charge in [0.25, 0.3) is 0 Å². The number of aliphatic imine (C=N–C) groups is 1. The summed E-state index contributed by atoms with van der Waals surface area (Å²) in [4.78, 5) is 4.79. The molecule has 0 aromatic heterocycles. The molecule has 0 bridgehead atoms. The van der Waals surface area contributed by atoms with E-state index in [-0.39, 0.29) is 6.10 Å². The van der Waals surface area contributed by atoms with Crippen molar-refractivity contribution < 1.29 is 9.47 Å². The lowest BCUT2D eigenvalue weighted by Gasteiger charge is -2.21. The molecule has 1 heterocycles. The Morgan fingerprint density at radius 3 is 2.72 bits per heavy atom. The number of hydrogen-bond donors (Lipinski definition) is 2. The van der Waals surface area contributed by atoms with E-state index in [4.69, 9.17) is 14.5 Å². The first-order valence-corrected chi connectivity index (χ1v) is 10.6. The second-order valence-corrected chi connectivity index (χ2v) is 7.37. The number of hydrogen-bond acceptors (Lipinski definition) is 3. The van der Waals surface area contributed by atoms with Crippen molar-refractivity contribution in [2.45, 2.75) is 39.8 Å². The Kier molecular flexibility index (Phi) is 7.94. The third kappa shape index (κ3) is 5.97. The summed E-state index contributed by atoms with van der Waals surface area (Å²) in [6, 6.07) is 16.8. The number of guanidine groups is 1. The van der Waals surface area contributed by atoms with Gasteiger partial charge in [-0.2, -0.15) is 0 Å². The van der Waals surface area contributed by atoms with Crippen LogP contribution >= 0.6 is 0 Å². The van der Waals surface area contributed by atoms with Crippen LogP contribution in [0, 0.1) is 12.8 Å². The van der Waals surface area contributed by atoms with Gasteiger partial charge in [-0.25, -0.2) is 4.99 Å². The molecule has 0 amide bonds. The molecule has 5 nitrogen and oxygen atoms in total. The molecule has 1 aliphatic heterocycles. The maximum atomic E-state index is 6.01. The van der Waals surface area contributed by atoms with E-state index in [2.05, 4.69) is 66.9 Å². The minimum absolute atomic E-state index is 0.147. The monoisotopic (exact) mass is 395 g/mol. The molecular formula is C24H33N3O2. The van der Waals surface area contributed by atoms with Crippen molar-refractivity contribution >= 4 is 5.96 Å². The Balaban J connectivity index is 1.64. The van der Waals surface area contributed by atoms with Crippen LogP contribution in [0.3, 0.4) is 0 Å². The van der Waals surface area contributed by atoms with Crippen molar-refractivity contribution in [1.29, 1.82) is 0 Å². The van der Waals surface area contributed by atoms with Crippen LogP contribution < -0.4 is 15.4 Å². The Morgan fingerprint density at radius 1 is 1.14 bits per heavy atom. The van der Waals surface area contributed by atoms with Crippen LogP contribution in [0.25, 0.3) is 0 Å². The lowest BCUT2D eigenvalue weighted by molar-refractivity contribution is 0.0915. The zero-order chi connectivity index (χ0) is 20.5. The highest BCUT2D eigenvalue weighted by Crippen LogP contribution is 2.33. The van der Waals surface area contributed by atoms with E-state index in [0.29, 0.717) is 19.1 Å². The molecule has 1 saturated heterocycles. The summed E-state index contributed by atoms with van der Waals surface area (Å²) in [6.07, 6.45) is 1.20. The van der Waals surface area contributed by atoms with Gasteiger partial charge >= 0.3 is 0 Å². The average Bonchev–Trinajstić information content (AvgIpc) is 3.21. The zero-order valence-corrected chi connectivity index (χ0v) is 17.8. The van der Waals surface area contributed by atoms with Gasteiger partial charge in [-0.05, 0) is 44.4 Å². The first-order chi connectivity index (χ1) is 14.2. The fraction of sp³-hybridized carbons (Fsp3) is 0.458. The normalized spacial score (nSPS) is 19.2. The summed E-state index contributed by atoms with van der Waals surface area (Å²) in [6.45, 7) is 9.86. The number of nitrogens with one attached hydrogen (secondary N) is 2. The third-order valence-corrected chi connectivity index (χ3v) is 5.15. The largest absolute Gasteiger partial charge is 0.494 e. The van der Waals surface area contributed by atoms with E-state index in [1.165, 1.54) is 11.1 Å². The van der Waals surface area contributed by atoms with Gasteiger partial charge < -0.3 is 20.1 Å². The maximum absolute atomic E-state index is 6.01. The van der Waals surface area contributed by atoms with Gasteiger partial charge in [0.05, 0.1) is 19.3 Å². The highest BCUT2D eigenvalue weighted by atomic mass is 16.5. The molecule has 29 heavy (non-hydrogen) atoms. The second-order valence-electron chi connectivity index (χ2n) is 7.37. The fourth-order valence-corrected chi connectivity index (χ4v) is 3.67. The predicted molar refractivity (Wildman–Crippen MR) is 118 cm³/mol. The number of ether oxygens (including phenoxy) is 2. The molecule has 5 heteroatoms. The third-order valence-electron chi connectivity index (χ3n) is 5.15. The summed E-state index contributed by atoms with van der Waals surface area (Å²) in [5.74, 6) is 2.18. The van der Waals surface area contributed by atoms with Crippen molar-refractivity contribution in [1.82, 2.24) is 10.6 Å². The standard InChI is InChI=1S/C24H33N3O2/c1-4-25-24(26-16-20-12-11-18(3)15-22(20)28-5-2)27-17-21-13-14-29-23(21)19-9-7-6-8-10-19/h6-12,15,21,23H,4-5,13-14,16-17H2,1-3H3,(H2,25,26,27). The van der Waals surface area contributed by atoms with Crippen LogP contribution in [0.1, 0.15) is 43.1 Å². The quantitative estimate of drug-likeness (QED) is 0.519. The van der Waals surface area contributed by atoms with Gasteiger partial charge in [-0.3, -0.25) is 0 Å². The molecule has 0 aliphatic carbocycles. The Labute approximate surface area is 174 Å². The van der Waals surface area contributed by atoms with E-state index < -0.39 is 0 Å². The molecule has 156 valence electrons. The molecule has 0 saturated carbocycles. The molecule has 2 unspecified atom stereocenters. The van der Waals surface area contributed by atoms with Crippen molar-refractivity contribution in [2.75, 3.05) is 26.3 Å². The van der Waals surface area contributed by atoms with Crippen molar-refractivity contribution in [3.63, 3.8) is 0 Å².